The van der Waals surface area contributed by atoms with Crippen LogP contribution in [-0.2, 0) is 19.9 Å². The highest BCUT2D eigenvalue weighted by atomic mass is 35.5. The number of amides is 1. The molecule has 1 heterocycles. The summed E-state index contributed by atoms with van der Waals surface area (Å²) in [5, 5.41) is 0.502. The summed E-state index contributed by atoms with van der Waals surface area (Å²) in [5.41, 5.74) is 0.0508. The molecule has 2 rings (SSSR count). The number of hydrogen-bond acceptors (Lipinski definition) is 3. The molecule has 0 fully saturated rings. The molecule has 0 aromatic heterocycles. The van der Waals surface area contributed by atoms with Crippen LogP contribution in [0.15, 0.2) is 18.2 Å². The van der Waals surface area contributed by atoms with Crippen LogP contribution >= 0.6 is 11.6 Å². The van der Waals surface area contributed by atoms with E-state index in [-0.39, 0.29) is 12.4 Å². The van der Waals surface area contributed by atoms with E-state index in [9.17, 15) is 9.59 Å². The molecular formula is C11H10ClNO3. The second-order valence-electron chi connectivity index (χ2n) is 3.77. The lowest BCUT2D eigenvalue weighted by Gasteiger charge is -2.20. The molecule has 0 unspecified atom stereocenters. The third-order valence-electron chi connectivity index (χ3n) is 2.83. The molecule has 1 atom stereocenters. The number of likely N-dealkylation sites (N-methyl/N-ethyl adjacent to an activating group) is 1. The number of anilines is 1. The maximum Gasteiger partial charge on any atom is 0.294 e. The Labute approximate surface area is 97.7 Å². The van der Waals surface area contributed by atoms with Gasteiger partial charge in [-0.15, -0.1) is 0 Å². The third-order valence-corrected chi connectivity index (χ3v) is 3.07. The van der Waals surface area contributed by atoms with Gasteiger partial charge in [-0.1, -0.05) is 11.6 Å². The number of rotatable bonds is 2. The van der Waals surface area contributed by atoms with Gasteiger partial charge in [0.05, 0.1) is 5.69 Å². The Morgan fingerprint density at radius 1 is 1.50 bits per heavy atom. The molecule has 0 spiro atoms. The highest BCUT2D eigenvalue weighted by Crippen LogP contribution is 2.42. The molecule has 1 aliphatic heterocycles. The smallest absolute Gasteiger partial charge is 0.294 e. The summed E-state index contributed by atoms with van der Waals surface area (Å²) in [6.07, 6.45) is 0. The predicted octanol–water partition coefficient (Wildman–Crippen LogP) is 1.70. The van der Waals surface area contributed by atoms with Gasteiger partial charge in [-0.2, -0.15) is 0 Å². The summed E-state index contributed by atoms with van der Waals surface area (Å²) < 4.78 is 4.92. The average Bonchev–Trinajstić information content (AvgIpc) is 2.42. The Hall–Kier alpha value is -1.55. The fraction of sp³-hybridized carbons (Fsp3) is 0.273. The van der Waals surface area contributed by atoms with E-state index in [2.05, 4.69) is 0 Å². The topological polar surface area (TPSA) is 46.6 Å². The van der Waals surface area contributed by atoms with Crippen LogP contribution in [0.4, 0.5) is 5.69 Å². The zero-order chi connectivity index (χ0) is 11.9. The number of ether oxygens (including phenoxy) is 1. The van der Waals surface area contributed by atoms with Crippen LogP contribution < -0.4 is 4.90 Å². The second-order valence-corrected chi connectivity index (χ2v) is 4.21. The van der Waals surface area contributed by atoms with Crippen molar-refractivity contribution in [2.75, 3.05) is 11.9 Å². The van der Waals surface area contributed by atoms with Crippen LogP contribution in [0.1, 0.15) is 12.5 Å². The monoisotopic (exact) mass is 239 g/mol. The minimum Gasteiger partial charge on any atom is -0.446 e. The zero-order valence-electron chi connectivity index (χ0n) is 8.86. The van der Waals surface area contributed by atoms with Crippen molar-refractivity contribution in [1.82, 2.24) is 0 Å². The molecule has 5 heteroatoms. The highest BCUT2D eigenvalue weighted by Gasteiger charge is 2.48. The van der Waals surface area contributed by atoms with Gasteiger partial charge in [-0.25, -0.2) is 0 Å². The van der Waals surface area contributed by atoms with Gasteiger partial charge < -0.3 is 9.64 Å². The highest BCUT2D eigenvalue weighted by molar-refractivity contribution is 6.31. The van der Waals surface area contributed by atoms with Crippen molar-refractivity contribution in [3.05, 3.63) is 28.8 Å². The van der Waals surface area contributed by atoms with Gasteiger partial charge >= 0.3 is 0 Å². The Kier molecular flexibility index (Phi) is 2.39. The maximum atomic E-state index is 12.0. The molecule has 0 saturated heterocycles. The van der Waals surface area contributed by atoms with Gasteiger partial charge in [0.25, 0.3) is 12.4 Å². The number of halogens is 1. The van der Waals surface area contributed by atoms with E-state index in [1.165, 1.54) is 4.90 Å². The first kappa shape index (κ1) is 11.0. The van der Waals surface area contributed by atoms with Crippen molar-refractivity contribution in [3.63, 3.8) is 0 Å². The molecule has 84 valence electrons. The fourth-order valence-electron chi connectivity index (χ4n) is 1.94. The van der Waals surface area contributed by atoms with E-state index in [4.69, 9.17) is 16.3 Å². The number of carbonyl (C=O) groups excluding carboxylic acids is 2. The minimum atomic E-state index is -1.27. The van der Waals surface area contributed by atoms with Crippen molar-refractivity contribution in [2.24, 2.45) is 0 Å². The summed E-state index contributed by atoms with van der Waals surface area (Å²) in [6, 6.07) is 5.06. The van der Waals surface area contributed by atoms with Crippen LogP contribution in [0.5, 0.6) is 0 Å². The standard InChI is InChI=1S/C11H10ClNO3/c1-11(16-6-14)8-5-7(12)3-4-9(8)13(2)10(11)15/h3-6H,1-2H3/t11-/m0/s1. The average molecular weight is 240 g/mol. The Bertz CT molecular complexity index is 474. The molecule has 4 nitrogen and oxygen atoms in total. The van der Waals surface area contributed by atoms with Crippen molar-refractivity contribution >= 4 is 29.7 Å². The van der Waals surface area contributed by atoms with E-state index in [0.29, 0.717) is 16.3 Å². The molecule has 0 aliphatic carbocycles. The SMILES string of the molecule is CN1C(=O)[C@@](C)(OC=O)c2cc(Cl)ccc21. The van der Waals surface area contributed by atoms with Crippen LogP contribution in [0.3, 0.4) is 0 Å². The van der Waals surface area contributed by atoms with E-state index in [1.807, 2.05) is 0 Å². The quantitative estimate of drug-likeness (QED) is 0.738. The van der Waals surface area contributed by atoms with Crippen LogP contribution in [0.25, 0.3) is 0 Å². The van der Waals surface area contributed by atoms with Gasteiger partial charge in [0.2, 0.25) is 5.60 Å². The lowest BCUT2D eigenvalue weighted by atomic mass is 9.98. The molecule has 0 radical (unpaired) electrons. The van der Waals surface area contributed by atoms with E-state index < -0.39 is 5.60 Å². The lowest BCUT2D eigenvalue weighted by Crippen LogP contribution is -2.38. The first-order valence-corrected chi connectivity index (χ1v) is 5.08. The number of nitrogens with zero attached hydrogens (tertiary/aromatic N) is 1. The molecule has 16 heavy (non-hydrogen) atoms. The molecule has 0 N–H and O–H groups in total. The van der Waals surface area contributed by atoms with Gasteiger partial charge in [-0.05, 0) is 25.1 Å². The zero-order valence-corrected chi connectivity index (χ0v) is 9.62. The van der Waals surface area contributed by atoms with E-state index in [0.717, 1.165) is 0 Å². The van der Waals surface area contributed by atoms with Gasteiger partial charge in [-0.3, -0.25) is 9.59 Å². The Morgan fingerprint density at radius 3 is 2.81 bits per heavy atom. The molecule has 0 bridgehead atoms. The third kappa shape index (κ3) is 1.30. The molecule has 1 aromatic carbocycles. The summed E-state index contributed by atoms with van der Waals surface area (Å²) in [7, 11) is 1.63. The number of fused-ring (bicyclic) bond motifs is 1. The molecule has 0 saturated carbocycles. The molecule has 1 aliphatic rings. The molecule has 1 amide bonds. The van der Waals surface area contributed by atoms with Gasteiger partial charge in [0.1, 0.15) is 0 Å². The maximum absolute atomic E-state index is 12.0. The Balaban J connectivity index is 2.63. The van der Waals surface area contributed by atoms with E-state index in [1.54, 1.807) is 32.2 Å². The van der Waals surface area contributed by atoms with Crippen LogP contribution in [0.2, 0.25) is 5.02 Å². The van der Waals surface area contributed by atoms with Crippen molar-refractivity contribution in [3.8, 4) is 0 Å². The summed E-state index contributed by atoms with van der Waals surface area (Å²) in [4.78, 5) is 23.9. The summed E-state index contributed by atoms with van der Waals surface area (Å²) >= 11 is 5.87. The van der Waals surface area contributed by atoms with Crippen LogP contribution in [0, 0.1) is 0 Å². The first-order chi connectivity index (χ1) is 7.50. The second kappa shape index (κ2) is 3.49. The normalized spacial score (nSPS) is 23.2. The van der Waals surface area contributed by atoms with Gasteiger partial charge in [0.15, 0.2) is 0 Å². The van der Waals surface area contributed by atoms with Gasteiger partial charge in [0, 0.05) is 17.6 Å². The number of benzene rings is 1. The largest absolute Gasteiger partial charge is 0.446 e. The molecule has 1 aromatic rings. The number of carbonyl (C=O) groups is 2. The van der Waals surface area contributed by atoms with E-state index >= 15 is 0 Å². The first-order valence-electron chi connectivity index (χ1n) is 4.70. The van der Waals surface area contributed by atoms with Crippen LogP contribution in [-0.4, -0.2) is 19.4 Å². The minimum absolute atomic E-state index is 0.280. The van der Waals surface area contributed by atoms with Crippen molar-refractivity contribution in [2.45, 2.75) is 12.5 Å². The Morgan fingerprint density at radius 2 is 2.19 bits per heavy atom. The predicted molar refractivity (Wildman–Crippen MR) is 59.4 cm³/mol. The summed E-state index contributed by atoms with van der Waals surface area (Å²) in [5.74, 6) is -0.281. The lowest BCUT2D eigenvalue weighted by molar-refractivity contribution is -0.154. The van der Waals surface area contributed by atoms with Crippen molar-refractivity contribution in [1.29, 1.82) is 0 Å². The molecular weight excluding hydrogens is 230 g/mol. The fourth-order valence-corrected chi connectivity index (χ4v) is 2.11. The number of hydrogen-bond donors (Lipinski definition) is 0. The van der Waals surface area contributed by atoms with Crippen molar-refractivity contribution < 1.29 is 14.3 Å². The summed E-state index contributed by atoms with van der Waals surface area (Å²) in [6.45, 7) is 1.84.